The Kier molecular flexibility index (Phi) is 3.22. The fourth-order valence-corrected chi connectivity index (χ4v) is 1.48. The number of aromatic nitrogens is 3. The topological polar surface area (TPSA) is 50.7 Å². The molecule has 1 heterocycles. The van der Waals surface area contributed by atoms with Crippen molar-refractivity contribution < 1.29 is 0 Å². The van der Waals surface area contributed by atoms with E-state index in [1.54, 1.807) is 31.4 Å². The third kappa shape index (κ3) is 2.23. The molecule has 4 nitrogen and oxygen atoms in total. The van der Waals surface area contributed by atoms with E-state index in [9.17, 15) is 0 Å². The Morgan fingerprint density at radius 2 is 2.00 bits per heavy atom. The molecule has 1 N–H and O–H groups in total. The zero-order valence-electron chi connectivity index (χ0n) is 8.41. The molecule has 0 radical (unpaired) electrons. The minimum Gasteiger partial charge on any atom is -0.372 e. The van der Waals surface area contributed by atoms with E-state index in [-0.39, 0.29) is 0 Å². The van der Waals surface area contributed by atoms with Gasteiger partial charge in [0.1, 0.15) is 5.82 Å². The van der Waals surface area contributed by atoms with Gasteiger partial charge in [0, 0.05) is 12.6 Å². The third-order valence-electron chi connectivity index (χ3n) is 1.99. The number of nitrogens with zero attached hydrogens (tertiary/aromatic N) is 3. The largest absolute Gasteiger partial charge is 0.372 e. The number of rotatable bonds is 2. The van der Waals surface area contributed by atoms with Gasteiger partial charge in [-0.25, -0.2) is 4.98 Å². The fourth-order valence-electron chi connectivity index (χ4n) is 1.18. The number of hydrogen-bond donors (Lipinski definition) is 1. The Morgan fingerprint density at radius 1 is 1.19 bits per heavy atom. The molecule has 16 heavy (non-hydrogen) atoms. The first-order chi connectivity index (χ1) is 7.70. The molecule has 0 atom stereocenters. The summed E-state index contributed by atoms with van der Waals surface area (Å²) in [6.45, 7) is 0. The van der Waals surface area contributed by atoms with E-state index in [4.69, 9.17) is 23.2 Å². The molecule has 2 rings (SSSR count). The first kappa shape index (κ1) is 11.1. The van der Waals surface area contributed by atoms with Gasteiger partial charge < -0.3 is 5.32 Å². The van der Waals surface area contributed by atoms with E-state index in [1.807, 2.05) is 0 Å². The number of hydrogen-bond acceptors (Lipinski definition) is 4. The van der Waals surface area contributed by atoms with Gasteiger partial charge in [-0.2, -0.15) is 5.10 Å². The standard InChI is InChI=1S/C10H8Cl2N4/c1-13-9-5-14-16-10(15-9)6-2-3-7(11)8(12)4-6/h2-5H,1H3,(H,13,15,16). The van der Waals surface area contributed by atoms with Gasteiger partial charge in [-0.15, -0.1) is 5.10 Å². The third-order valence-corrected chi connectivity index (χ3v) is 2.73. The first-order valence-electron chi connectivity index (χ1n) is 4.53. The van der Waals surface area contributed by atoms with Crippen LogP contribution in [-0.2, 0) is 0 Å². The summed E-state index contributed by atoms with van der Waals surface area (Å²) in [6, 6.07) is 5.21. The van der Waals surface area contributed by atoms with Crippen molar-refractivity contribution in [2.45, 2.75) is 0 Å². The molecule has 0 fully saturated rings. The Bertz CT molecular complexity index is 516. The Labute approximate surface area is 103 Å². The predicted molar refractivity (Wildman–Crippen MR) is 64.8 cm³/mol. The van der Waals surface area contributed by atoms with Crippen molar-refractivity contribution in [3.8, 4) is 11.4 Å². The second-order valence-corrected chi connectivity index (χ2v) is 3.86. The van der Waals surface area contributed by atoms with E-state index < -0.39 is 0 Å². The van der Waals surface area contributed by atoms with Crippen LogP contribution in [0.5, 0.6) is 0 Å². The molecule has 0 unspecified atom stereocenters. The monoisotopic (exact) mass is 254 g/mol. The van der Waals surface area contributed by atoms with Gasteiger partial charge in [0.2, 0.25) is 0 Å². The Morgan fingerprint density at radius 3 is 2.69 bits per heavy atom. The smallest absolute Gasteiger partial charge is 0.183 e. The van der Waals surface area contributed by atoms with E-state index >= 15 is 0 Å². The zero-order chi connectivity index (χ0) is 11.5. The quantitative estimate of drug-likeness (QED) is 0.896. The van der Waals surface area contributed by atoms with Crippen LogP contribution in [0, 0.1) is 0 Å². The van der Waals surface area contributed by atoms with Crippen LogP contribution in [0.2, 0.25) is 10.0 Å². The van der Waals surface area contributed by atoms with Crippen molar-refractivity contribution in [2.75, 3.05) is 12.4 Å². The average Bonchev–Trinajstić information content (AvgIpc) is 2.33. The van der Waals surface area contributed by atoms with Crippen molar-refractivity contribution in [3.05, 3.63) is 34.4 Å². The average molecular weight is 255 g/mol. The van der Waals surface area contributed by atoms with Gasteiger partial charge in [-0.05, 0) is 18.2 Å². The van der Waals surface area contributed by atoms with Gasteiger partial charge in [0.25, 0.3) is 0 Å². The molecule has 0 aliphatic carbocycles. The lowest BCUT2D eigenvalue weighted by atomic mass is 10.2. The fraction of sp³-hybridized carbons (Fsp3) is 0.100. The normalized spacial score (nSPS) is 10.2. The number of halogens is 2. The molecule has 0 saturated heterocycles. The highest BCUT2D eigenvalue weighted by atomic mass is 35.5. The molecule has 0 saturated carbocycles. The molecular formula is C10H8Cl2N4. The van der Waals surface area contributed by atoms with Crippen LogP contribution in [0.1, 0.15) is 0 Å². The highest BCUT2D eigenvalue weighted by Crippen LogP contribution is 2.26. The number of benzene rings is 1. The van der Waals surface area contributed by atoms with Crippen LogP contribution in [0.25, 0.3) is 11.4 Å². The second-order valence-electron chi connectivity index (χ2n) is 3.04. The van der Waals surface area contributed by atoms with Gasteiger partial charge in [-0.3, -0.25) is 0 Å². The molecule has 82 valence electrons. The first-order valence-corrected chi connectivity index (χ1v) is 5.29. The highest BCUT2D eigenvalue weighted by molar-refractivity contribution is 6.42. The number of nitrogens with one attached hydrogen (secondary N) is 1. The summed E-state index contributed by atoms with van der Waals surface area (Å²) in [5.41, 5.74) is 0.777. The molecule has 0 bridgehead atoms. The van der Waals surface area contributed by atoms with Crippen LogP contribution in [-0.4, -0.2) is 22.2 Å². The molecular weight excluding hydrogens is 247 g/mol. The van der Waals surface area contributed by atoms with Crippen LogP contribution in [0.15, 0.2) is 24.4 Å². The van der Waals surface area contributed by atoms with Crippen molar-refractivity contribution >= 4 is 29.0 Å². The van der Waals surface area contributed by atoms with Crippen LogP contribution < -0.4 is 5.32 Å². The van der Waals surface area contributed by atoms with Crippen molar-refractivity contribution in [1.29, 1.82) is 0 Å². The minimum absolute atomic E-state index is 0.470. The summed E-state index contributed by atoms with van der Waals surface area (Å²) in [5, 5.41) is 11.6. The van der Waals surface area contributed by atoms with Gasteiger partial charge in [0.15, 0.2) is 5.82 Å². The number of anilines is 1. The summed E-state index contributed by atoms with van der Waals surface area (Å²) in [5.74, 6) is 1.15. The van der Waals surface area contributed by atoms with E-state index in [0.717, 1.165) is 5.56 Å². The summed E-state index contributed by atoms with van der Waals surface area (Å²) >= 11 is 11.7. The van der Waals surface area contributed by atoms with Crippen LogP contribution in [0.4, 0.5) is 5.82 Å². The van der Waals surface area contributed by atoms with Crippen molar-refractivity contribution in [1.82, 2.24) is 15.2 Å². The molecule has 0 spiro atoms. The maximum absolute atomic E-state index is 5.91. The summed E-state index contributed by atoms with van der Waals surface area (Å²) in [7, 11) is 1.77. The van der Waals surface area contributed by atoms with Crippen molar-refractivity contribution in [2.24, 2.45) is 0 Å². The minimum atomic E-state index is 0.470. The predicted octanol–water partition coefficient (Wildman–Crippen LogP) is 2.89. The molecule has 0 aliphatic rings. The lowest BCUT2D eigenvalue weighted by Crippen LogP contribution is -1.98. The molecule has 2 aromatic rings. The van der Waals surface area contributed by atoms with Crippen molar-refractivity contribution in [3.63, 3.8) is 0 Å². The lowest BCUT2D eigenvalue weighted by Gasteiger charge is -2.03. The van der Waals surface area contributed by atoms with E-state index in [1.165, 1.54) is 0 Å². The maximum atomic E-state index is 5.91. The molecule has 6 heteroatoms. The Balaban J connectivity index is 2.46. The van der Waals surface area contributed by atoms with E-state index in [0.29, 0.717) is 21.7 Å². The molecule has 1 aromatic carbocycles. The summed E-state index contributed by atoms with van der Waals surface area (Å²) in [4.78, 5) is 4.25. The van der Waals surface area contributed by atoms with E-state index in [2.05, 4.69) is 20.5 Å². The maximum Gasteiger partial charge on any atom is 0.183 e. The summed E-state index contributed by atoms with van der Waals surface area (Å²) in [6.07, 6.45) is 1.54. The zero-order valence-corrected chi connectivity index (χ0v) is 9.92. The Hall–Kier alpha value is -1.39. The molecule has 1 aromatic heterocycles. The summed E-state index contributed by atoms with van der Waals surface area (Å²) < 4.78 is 0. The lowest BCUT2D eigenvalue weighted by molar-refractivity contribution is 0.981. The van der Waals surface area contributed by atoms with Crippen LogP contribution >= 0.6 is 23.2 Å². The highest BCUT2D eigenvalue weighted by Gasteiger charge is 2.05. The second kappa shape index (κ2) is 4.63. The van der Waals surface area contributed by atoms with Gasteiger partial charge in [0.05, 0.1) is 16.2 Å². The van der Waals surface area contributed by atoms with Crippen LogP contribution in [0.3, 0.4) is 0 Å². The van der Waals surface area contributed by atoms with Gasteiger partial charge >= 0.3 is 0 Å². The van der Waals surface area contributed by atoms with Gasteiger partial charge in [-0.1, -0.05) is 23.2 Å². The SMILES string of the molecule is CNc1cnnc(-c2ccc(Cl)c(Cl)c2)n1. The molecule has 0 amide bonds. The molecule has 0 aliphatic heterocycles.